The number of hydrogen-bond acceptors (Lipinski definition) is 2. The van der Waals surface area contributed by atoms with Gasteiger partial charge >= 0.3 is 0 Å². The summed E-state index contributed by atoms with van der Waals surface area (Å²) in [6.45, 7) is 1.07. The van der Waals surface area contributed by atoms with Gasteiger partial charge in [0, 0.05) is 35.2 Å². The maximum Gasteiger partial charge on any atom is 0.0410 e. The van der Waals surface area contributed by atoms with E-state index in [1.165, 1.54) is 30.5 Å². The Kier molecular flexibility index (Phi) is 4.80. The Morgan fingerprint density at radius 1 is 1.26 bits per heavy atom. The van der Waals surface area contributed by atoms with Crippen LogP contribution in [-0.4, -0.2) is 38.1 Å². The standard InChI is InChI=1S/C15H22BrClN2/c1-18(2)15(7-4-8-15)11-19(3)14-6-5-13(17)9-12(14)10-16/h5-6,9H,4,7-8,10-11H2,1-3H3. The Hall–Kier alpha value is -0.250. The van der Waals surface area contributed by atoms with E-state index in [4.69, 9.17) is 11.6 Å². The van der Waals surface area contributed by atoms with Gasteiger partial charge in [-0.05, 0) is 57.1 Å². The molecule has 2 rings (SSSR count). The first-order valence-electron chi connectivity index (χ1n) is 6.71. The van der Waals surface area contributed by atoms with Crippen LogP contribution in [0, 0.1) is 0 Å². The maximum atomic E-state index is 6.07. The van der Waals surface area contributed by atoms with Gasteiger partial charge in [0.05, 0.1) is 0 Å². The number of alkyl halides is 1. The highest BCUT2D eigenvalue weighted by Gasteiger charge is 2.40. The van der Waals surface area contributed by atoms with Crippen LogP contribution in [0.3, 0.4) is 0 Å². The molecule has 4 heteroatoms. The normalized spacial score (nSPS) is 17.4. The smallest absolute Gasteiger partial charge is 0.0410 e. The molecular weight excluding hydrogens is 324 g/mol. The minimum atomic E-state index is 0.345. The number of likely N-dealkylation sites (N-methyl/N-ethyl adjacent to an activating group) is 2. The predicted octanol–water partition coefficient (Wildman–Crippen LogP) is 4.16. The number of halogens is 2. The summed E-state index contributed by atoms with van der Waals surface area (Å²) < 4.78 is 0. The summed E-state index contributed by atoms with van der Waals surface area (Å²) in [5.41, 5.74) is 2.87. The molecule has 0 amide bonds. The van der Waals surface area contributed by atoms with Crippen molar-refractivity contribution in [2.24, 2.45) is 0 Å². The van der Waals surface area contributed by atoms with E-state index in [-0.39, 0.29) is 0 Å². The monoisotopic (exact) mass is 344 g/mol. The first-order chi connectivity index (χ1) is 8.98. The summed E-state index contributed by atoms with van der Waals surface area (Å²) in [5, 5.41) is 1.64. The Balaban J connectivity index is 2.18. The summed E-state index contributed by atoms with van der Waals surface area (Å²) in [5.74, 6) is 0. The molecule has 1 aromatic carbocycles. The molecule has 106 valence electrons. The van der Waals surface area contributed by atoms with Crippen molar-refractivity contribution in [1.29, 1.82) is 0 Å². The molecule has 0 saturated heterocycles. The van der Waals surface area contributed by atoms with E-state index in [1.54, 1.807) is 0 Å². The molecule has 1 fully saturated rings. The summed E-state index contributed by atoms with van der Waals surface area (Å²) in [6, 6.07) is 6.15. The van der Waals surface area contributed by atoms with Crippen molar-refractivity contribution < 1.29 is 0 Å². The first-order valence-corrected chi connectivity index (χ1v) is 8.21. The Bertz CT molecular complexity index is 444. The van der Waals surface area contributed by atoms with E-state index in [2.05, 4.69) is 52.9 Å². The van der Waals surface area contributed by atoms with E-state index >= 15 is 0 Å². The molecule has 0 bridgehead atoms. The van der Waals surface area contributed by atoms with Gasteiger partial charge in [0.2, 0.25) is 0 Å². The highest BCUT2D eigenvalue weighted by Crippen LogP contribution is 2.38. The lowest BCUT2D eigenvalue weighted by Gasteiger charge is -2.49. The van der Waals surface area contributed by atoms with Gasteiger partial charge < -0.3 is 9.80 Å². The van der Waals surface area contributed by atoms with Crippen molar-refractivity contribution in [3.63, 3.8) is 0 Å². The zero-order chi connectivity index (χ0) is 14.0. The van der Waals surface area contributed by atoms with E-state index < -0.39 is 0 Å². The van der Waals surface area contributed by atoms with Crippen LogP contribution in [0.15, 0.2) is 18.2 Å². The minimum Gasteiger partial charge on any atom is -0.372 e. The van der Waals surface area contributed by atoms with Crippen LogP contribution >= 0.6 is 27.5 Å². The van der Waals surface area contributed by atoms with E-state index in [9.17, 15) is 0 Å². The van der Waals surface area contributed by atoms with Crippen LogP contribution in [0.25, 0.3) is 0 Å². The Morgan fingerprint density at radius 3 is 2.42 bits per heavy atom. The zero-order valence-corrected chi connectivity index (χ0v) is 14.3. The highest BCUT2D eigenvalue weighted by atomic mass is 79.9. The van der Waals surface area contributed by atoms with Crippen LogP contribution in [0.4, 0.5) is 5.69 Å². The third kappa shape index (κ3) is 3.09. The molecule has 0 unspecified atom stereocenters. The summed E-state index contributed by atoms with van der Waals surface area (Å²) in [6.07, 6.45) is 3.93. The van der Waals surface area contributed by atoms with Crippen molar-refractivity contribution in [3.8, 4) is 0 Å². The van der Waals surface area contributed by atoms with Gasteiger partial charge in [-0.25, -0.2) is 0 Å². The van der Waals surface area contributed by atoms with Crippen molar-refractivity contribution in [3.05, 3.63) is 28.8 Å². The average molecular weight is 346 g/mol. The second kappa shape index (κ2) is 6.02. The summed E-state index contributed by atoms with van der Waals surface area (Å²) >= 11 is 9.63. The molecule has 0 heterocycles. The molecule has 2 nitrogen and oxygen atoms in total. The molecule has 0 radical (unpaired) electrons. The topological polar surface area (TPSA) is 6.48 Å². The molecule has 1 saturated carbocycles. The fourth-order valence-electron chi connectivity index (χ4n) is 2.89. The van der Waals surface area contributed by atoms with Crippen LogP contribution in [0.1, 0.15) is 24.8 Å². The molecule has 1 aliphatic rings. The Morgan fingerprint density at radius 2 is 1.95 bits per heavy atom. The number of hydrogen-bond donors (Lipinski definition) is 0. The van der Waals surface area contributed by atoms with Gasteiger partial charge in [0.25, 0.3) is 0 Å². The van der Waals surface area contributed by atoms with Crippen LogP contribution < -0.4 is 4.90 Å². The van der Waals surface area contributed by atoms with Crippen LogP contribution in [-0.2, 0) is 5.33 Å². The lowest BCUT2D eigenvalue weighted by Crippen LogP contribution is -2.56. The van der Waals surface area contributed by atoms with Crippen molar-refractivity contribution in [2.75, 3.05) is 32.6 Å². The second-order valence-electron chi connectivity index (χ2n) is 5.74. The molecule has 0 N–H and O–H groups in total. The Labute approximate surface area is 129 Å². The second-order valence-corrected chi connectivity index (χ2v) is 6.73. The zero-order valence-electron chi connectivity index (χ0n) is 11.9. The number of benzene rings is 1. The molecule has 0 spiro atoms. The predicted molar refractivity (Wildman–Crippen MR) is 87.6 cm³/mol. The third-order valence-electron chi connectivity index (χ3n) is 4.36. The quantitative estimate of drug-likeness (QED) is 0.740. The van der Waals surface area contributed by atoms with Gasteiger partial charge in [-0.3, -0.25) is 0 Å². The highest BCUT2D eigenvalue weighted by molar-refractivity contribution is 9.08. The molecule has 19 heavy (non-hydrogen) atoms. The fraction of sp³-hybridized carbons (Fsp3) is 0.600. The fourth-order valence-corrected chi connectivity index (χ4v) is 3.54. The van der Waals surface area contributed by atoms with Gasteiger partial charge in [-0.1, -0.05) is 27.5 Å². The van der Waals surface area contributed by atoms with Crippen molar-refractivity contribution in [2.45, 2.75) is 30.1 Å². The number of anilines is 1. The number of rotatable bonds is 5. The maximum absolute atomic E-state index is 6.07. The van der Waals surface area contributed by atoms with Gasteiger partial charge in [0.1, 0.15) is 0 Å². The van der Waals surface area contributed by atoms with E-state index in [0.29, 0.717) is 5.54 Å². The van der Waals surface area contributed by atoms with E-state index in [1.807, 2.05) is 12.1 Å². The lowest BCUT2D eigenvalue weighted by atomic mass is 9.75. The molecule has 0 aliphatic heterocycles. The van der Waals surface area contributed by atoms with E-state index in [0.717, 1.165) is 16.9 Å². The van der Waals surface area contributed by atoms with Crippen LogP contribution in [0.2, 0.25) is 5.02 Å². The minimum absolute atomic E-state index is 0.345. The van der Waals surface area contributed by atoms with Crippen molar-refractivity contribution >= 4 is 33.2 Å². The molecule has 1 aliphatic carbocycles. The number of nitrogens with zero attached hydrogens (tertiary/aromatic N) is 2. The third-order valence-corrected chi connectivity index (χ3v) is 5.20. The SMILES string of the molecule is CN(CC1(N(C)C)CCC1)c1ccc(Cl)cc1CBr. The average Bonchev–Trinajstić information content (AvgIpc) is 2.32. The van der Waals surface area contributed by atoms with Gasteiger partial charge in [-0.15, -0.1) is 0 Å². The molecular formula is C15H22BrClN2. The largest absolute Gasteiger partial charge is 0.372 e. The first kappa shape index (κ1) is 15.1. The molecule has 0 atom stereocenters. The van der Waals surface area contributed by atoms with Crippen molar-refractivity contribution in [1.82, 2.24) is 4.90 Å². The summed E-state index contributed by atoms with van der Waals surface area (Å²) in [4.78, 5) is 4.75. The van der Waals surface area contributed by atoms with Crippen LogP contribution in [0.5, 0.6) is 0 Å². The van der Waals surface area contributed by atoms with Gasteiger partial charge in [0.15, 0.2) is 0 Å². The lowest BCUT2D eigenvalue weighted by molar-refractivity contribution is 0.0683. The molecule has 0 aromatic heterocycles. The van der Waals surface area contributed by atoms with Gasteiger partial charge in [-0.2, -0.15) is 0 Å². The molecule has 1 aromatic rings. The summed E-state index contributed by atoms with van der Waals surface area (Å²) in [7, 11) is 6.57.